The second-order valence-corrected chi connectivity index (χ2v) is 8.40. The van der Waals surface area contributed by atoms with Gasteiger partial charge < -0.3 is 15.4 Å². The summed E-state index contributed by atoms with van der Waals surface area (Å²) in [6.45, 7) is 11.7. The predicted octanol–water partition coefficient (Wildman–Crippen LogP) is 4.09. The maximum Gasteiger partial charge on any atom is 0.408 e. The van der Waals surface area contributed by atoms with Crippen LogP contribution in [0.2, 0.25) is 0 Å². The highest BCUT2D eigenvalue weighted by Gasteiger charge is 2.27. The molecule has 0 aliphatic rings. The molecule has 1 aromatic heterocycles. The van der Waals surface area contributed by atoms with Crippen molar-refractivity contribution >= 4 is 23.2 Å². The van der Waals surface area contributed by atoms with Gasteiger partial charge in [0.2, 0.25) is 5.78 Å². The van der Waals surface area contributed by atoms with E-state index in [0.29, 0.717) is 18.0 Å². The number of amides is 1. The molecular weight excluding hydrogens is 374 g/mol. The Morgan fingerprint density at radius 2 is 1.93 bits per heavy atom. The second kappa shape index (κ2) is 9.50. The number of benzene rings is 1. The summed E-state index contributed by atoms with van der Waals surface area (Å²) < 4.78 is 5.34. The molecule has 1 heterocycles. The number of nitrogens with zero attached hydrogens (tertiary/aromatic N) is 1. The lowest BCUT2D eigenvalue weighted by Gasteiger charge is -2.23. The zero-order valence-corrected chi connectivity index (χ0v) is 17.6. The van der Waals surface area contributed by atoms with Gasteiger partial charge in [-0.2, -0.15) is 0 Å². The minimum Gasteiger partial charge on any atom is -0.444 e. The second-order valence-electron chi connectivity index (χ2n) is 7.51. The number of carbonyl (C=O) groups is 2. The van der Waals surface area contributed by atoms with E-state index in [4.69, 9.17) is 4.74 Å². The number of Topliss-reactive ketones (excluding diaryl/α,β-unsaturated/α-hetero) is 1. The first-order chi connectivity index (χ1) is 13.2. The SMILES string of the molecule is C=C(C)NCc1ccccc1C[C@H](NC(=O)OC(C)(C)C)C(=O)c1nccs1. The third-order valence-electron chi connectivity index (χ3n) is 3.77. The third kappa shape index (κ3) is 6.81. The highest BCUT2D eigenvalue weighted by molar-refractivity contribution is 7.11. The van der Waals surface area contributed by atoms with E-state index in [-0.39, 0.29) is 5.78 Å². The number of hydrogen-bond donors (Lipinski definition) is 2. The largest absolute Gasteiger partial charge is 0.444 e. The Labute approximate surface area is 170 Å². The molecule has 1 atom stereocenters. The van der Waals surface area contributed by atoms with E-state index >= 15 is 0 Å². The van der Waals surface area contributed by atoms with Crippen molar-refractivity contribution in [2.24, 2.45) is 0 Å². The third-order valence-corrected chi connectivity index (χ3v) is 4.56. The number of allylic oxidation sites excluding steroid dienone is 1. The van der Waals surface area contributed by atoms with Crippen LogP contribution in [0.5, 0.6) is 0 Å². The Hall–Kier alpha value is -2.67. The Balaban J connectivity index is 2.23. The molecule has 0 saturated carbocycles. The average molecular weight is 402 g/mol. The van der Waals surface area contributed by atoms with Gasteiger partial charge >= 0.3 is 6.09 Å². The van der Waals surface area contributed by atoms with Crippen molar-refractivity contribution in [3.8, 4) is 0 Å². The molecule has 0 bridgehead atoms. The monoisotopic (exact) mass is 401 g/mol. The molecule has 0 aliphatic carbocycles. The Morgan fingerprint density at radius 1 is 1.25 bits per heavy atom. The molecule has 1 aromatic carbocycles. The molecule has 0 aliphatic heterocycles. The molecular formula is C21H27N3O3S. The van der Waals surface area contributed by atoms with Gasteiger partial charge in [0.15, 0.2) is 5.01 Å². The van der Waals surface area contributed by atoms with Crippen LogP contribution in [-0.2, 0) is 17.7 Å². The van der Waals surface area contributed by atoms with Crippen LogP contribution in [0.15, 0.2) is 48.1 Å². The number of alkyl carbamates (subject to hydrolysis) is 1. The van der Waals surface area contributed by atoms with Crippen LogP contribution in [0.1, 0.15) is 48.6 Å². The molecule has 28 heavy (non-hydrogen) atoms. The molecule has 0 spiro atoms. The van der Waals surface area contributed by atoms with E-state index < -0.39 is 17.7 Å². The molecule has 2 rings (SSSR count). The van der Waals surface area contributed by atoms with Crippen molar-refractivity contribution in [2.45, 2.75) is 52.3 Å². The molecule has 6 nitrogen and oxygen atoms in total. The average Bonchev–Trinajstić information content (AvgIpc) is 3.12. The molecule has 150 valence electrons. The Bertz CT molecular complexity index is 826. The van der Waals surface area contributed by atoms with Gasteiger partial charge in [-0.15, -0.1) is 11.3 Å². The van der Waals surface area contributed by atoms with Crippen LogP contribution < -0.4 is 10.6 Å². The number of aromatic nitrogens is 1. The van der Waals surface area contributed by atoms with E-state index in [1.165, 1.54) is 11.3 Å². The Kier molecular flexibility index (Phi) is 7.34. The quantitative estimate of drug-likeness (QED) is 0.652. The number of hydrogen-bond acceptors (Lipinski definition) is 6. The van der Waals surface area contributed by atoms with Gasteiger partial charge in [-0.25, -0.2) is 9.78 Å². The van der Waals surface area contributed by atoms with Crippen LogP contribution in [-0.4, -0.2) is 28.5 Å². The molecule has 1 amide bonds. The van der Waals surface area contributed by atoms with Crippen molar-refractivity contribution < 1.29 is 14.3 Å². The van der Waals surface area contributed by atoms with Crippen LogP contribution in [0, 0.1) is 0 Å². The fourth-order valence-electron chi connectivity index (χ4n) is 2.55. The summed E-state index contributed by atoms with van der Waals surface area (Å²) in [6.07, 6.45) is 1.29. The van der Waals surface area contributed by atoms with Crippen LogP contribution >= 0.6 is 11.3 Å². The molecule has 0 fully saturated rings. The van der Waals surface area contributed by atoms with Gasteiger partial charge in [0, 0.05) is 30.2 Å². The van der Waals surface area contributed by atoms with E-state index in [0.717, 1.165) is 16.8 Å². The molecule has 7 heteroatoms. The first kappa shape index (κ1) is 21.6. The predicted molar refractivity (Wildman–Crippen MR) is 111 cm³/mol. The number of ether oxygens (including phenoxy) is 1. The van der Waals surface area contributed by atoms with Gasteiger partial charge in [-0.3, -0.25) is 4.79 Å². The Morgan fingerprint density at radius 3 is 2.50 bits per heavy atom. The van der Waals surface area contributed by atoms with E-state index in [1.807, 2.05) is 31.2 Å². The van der Waals surface area contributed by atoms with Gasteiger partial charge in [-0.1, -0.05) is 30.8 Å². The normalized spacial score (nSPS) is 12.1. The van der Waals surface area contributed by atoms with Crippen molar-refractivity contribution in [2.75, 3.05) is 0 Å². The summed E-state index contributed by atoms with van der Waals surface area (Å²) in [7, 11) is 0. The van der Waals surface area contributed by atoms with Gasteiger partial charge in [-0.05, 0) is 38.8 Å². The summed E-state index contributed by atoms with van der Waals surface area (Å²) in [4.78, 5) is 29.3. The number of ketones is 1. The van der Waals surface area contributed by atoms with Crippen molar-refractivity contribution in [1.29, 1.82) is 0 Å². The summed E-state index contributed by atoms with van der Waals surface area (Å²) in [6, 6.07) is 7.03. The fourth-order valence-corrected chi connectivity index (χ4v) is 3.18. The van der Waals surface area contributed by atoms with Crippen LogP contribution in [0.3, 0.4) is 0 Å². The fraction of sp³-hybridized carbons (Fsp3) is 0.381. The smallest absolute Gasteiger partial charge is 0.408 e. The molecule has 2 aromatic rings. The van der Waals surface area contributed by atoms with Crippen molar-refractivity contribution in [1.82, 2.24) is 15.6 Å². The molecule has 0 radical (unpaired) electrons. The number of rotatable bonds is 8. The lowest BCUT2D eigenvalue weighted by Crippen LogP contribution is -2.45. The summed E-state index contributed by atoms with van der Waals surface area (Å²) in [5.74, 6) is -0.233. The maximum atomic E-state index is 12.9. The van der Waals surface area contributed by atoms with E-state index in [2.05, 4.69) is 22.2 Å². The highest BCUT2D eigenvalue weighted by atomic mass is 32.1. The number of nitrogens with one attached hydrogen (secondary N) is 2. The standard InChI is InChI=1S/C21H27N3O3S/c1-14(2)23-13-16-9-7-6-8-15(16)12-17(18(25)19-22-10-11-28-19)24-20(26)27-21(3,4)5/h6-11,17,23H,1,12-13H2,2-5H3,(H,24,26)/t17-/m0/s1. The first-order valence-electron chi connectivity index (χ1n) is 9.05. The topological polar surface area (TPSA) is 80.3 Å². The summed E-state index contributed by atoms with van der Waals surface area (Å²) in [5.41, 5.74) is 2.20. The lowest BCUT2D eigenvalue weighted by atomic mass is 9.98. The minimum absolute atomic E-state index is 0.233. The number of carbonyl (C=O) groups excluding carboxylic acids is 2. The van der Waals surface area contributed by atoms with Crippen LogP contribution in [0.25, 0.3) is 0 Å². The highest BCUT2D eigenvalue weighted by Crippen LogP contribution is 2.16. The van der Waals surface area contributed by atoms with Crippen LogP contribution in [0.4, 0.5) is 4.79 Å². The van der Waals surface area contributed by atoms with Gasteiger partial charge in [0.05, 0.1) is 0 Å². The molecule has 0 unspecified atom stereocenters. The van der Waals surface area contributed by atoms with Gasteiger partial charge in [0.25, 0.3) is 0 Å². The lowest BCUT2D eigenvalue weighted by molar-refractivity contribution is 0.0491. The number of thiazole rings is 1. The van der Waals surface area contributed by atoms with E-state index in [9.17, 15) is 9.59 Å². The van der Waals surface area contributed by atoms with Crippen molar-refractivity contribution in [3.05, 3.63) is 64.3 Å². The summed E-state index contributed by atoms with van der Waals surface area (Å²) in [5, 5.41) is 8.02. The first-order valence-corrected chi connectivity index (χ1v) is 9.93. The zero-order valence-electron chi connectivity index (χ0n) is 16.7. The molecule has 2 N–H and O–H groups in total. The molecule has 0 saturated heterocycles. The van der Waals surface area contributed by atoms with E-state index in [1.54, 1.807) is 32.3 Å². The zero-order chi connectivity index (χ0) is 20.7. The van der Waals surface area contributed by atoms with Crippen molar-refractivity contribution in [3.63, 3.8) is 0 Å². The minimum atomic E-state index is -0.771. The summed E-state index contributed by atoms with van der Waals surface area (Å²) >= 11 is 1.25. The maximum absolute atomic E-state index is 12.9. The van der Waals surface area contributed by atoms with Gasteiger partial charge in [0.1, 0.15) is 11.6 Å².